The summed E-state index contributed by atoms with van der Waals surface area (Å²) in [5.74, 6) is 1.61. The summed E-state index contributed by atoms with van der Waals surface area (Å²) in [5.41, 5.74) is 0.980. The van der Waals surface area contributed by atoms with E-state index in [4.69, 9.17) is 18.9 Å². The fourth-order valence-corrected chi connectivity index (χ4v) is 4.19. The molecule has 0 unspecified atom stereocenters. The van der Waals surface area contributed by atoms with Crippen molar-refractivity contribution in [2.45, 2.75) is 19.6 Å². The SMILES string of the molecule is CCOc1ccc2c(c1)sc(=NC(=O)[C@H]1COc3ccccc3O1)n2CCOC. The Kier molecular flexibility index (Phi) is 5.82. The molecule has 0 fully saturated rings. The number of para-hydroxylation sites is 2. The third-order valence-corrected chi connectivity index (χ3v) is 5.52. The number of hydrogen-bond acceptors (Lipinski definition) is 6. The van der Waals surface area contributed by atoms with Crippen molar-refractivity contribution in [3.8, 4) is 17.2 Å². The van der Waals surface area contributed by atoms with Crippen LogP contribution in [0.5, 0.6) is 17.2 Å². The first-order chi connectivity index (χ1) is 14.2. The van der Waals surface area contributed by atoms with Gasteiger partial charge in [-0.25, -0.2) is 0 Å². The van der Waals surface area contributed by atoms with Crippen LogP contribution >= 0.6 is 11.3 Å². The van der Waals surface area contributed by atoms with Crippen LogP contribution in [-0.2, 0) is 16.1 Å². The summed E-state index contributed by atoms with van der Waals surface area (Å²) < 4.78 is 25.2. The van der Waals surface area contributed by atoms with Crippen molar-refractivity contribution in [1.29, 1.82) is 0 Å². The normalized spacial score (nSPS) is 16.2. The number of carbonyl (C=O) groups excluding carboxylic acids is 1. The van der Waals surface area contributed by atoms with Crippen molar-refractivity contribution in [2.24, 2.45) is 4.99 Å². The standard InChI is InChI=1S/C21H22N2O5S/c1-3-26-14-8-9-15-19(12-14)29-21(23(15)10-11-25-2)22-20(24)18-13-27-16-6-4-5-7-17(16)28-18/h4-9,12,18H,3,10-11,13H2,1-2H3/t18-/m1/s1. The van der Waals surface area contributed by atoms with Crippen LogP contribution in [0, 0.1) is 0 Å². The fourth-order valence-electron chi connectivity index (χ4n) is 3.10. The zero-order valence-electron chi connectivity index (χ0n) is 16.3. The summed E-state index contributed by atoms with van der Waals surface area (Å²) in [5, 5.41) is 0. The van der Waals surface area contributed by atoms with Gasteiger partial charge >= 0.3 is 0 Å². The molecule has 0 radical (unpaired) electrons. The van der Waals surface area contributed by atoms with E-state index in [-0.39, 0.29) is 12.5 Å². The van der Waals surface area contributed by atoms with E-state index in [0.717, 1.165) is 16.0 Å². The van der Waals surface area contributed by atoms with E-state index >= 15 is 0 Å². The smallest absolute Gasteiger partial charge is 0.292 e. The third-order valence-electron chi connectivity index (χ3n) is 4.47. The van der Waals surface area contributed by atoms with E-state index in [1.807, 2.05) is 47.9 Å². The van der Waals surface area contributed by atoms with E-state index in [1.165, 1.54) is 11.3 Å². The van der Waals surface area contributed by atoms with Gasteiger partial charge in [-0.15, -0.1) is 0 Å². The number of ether oxygens (including phenoxy) is 4. The van der Waals surface area contributed by atoms with Gasteiger partial charge in [-0.2, -0.15) is 4.99 Å². The molecule has 1 aliphatic rings. The second kappa shape index (κ2) is 8.67. The Labute approximate surface area is 172 Å². The lowest BCUT2D eigenvalue weighted by atomic mass is 10.2. The summed E-state index contributed by atoms with van der Waals surface area (Å²) in [4.78, 5) is 17.8. The van der Waals surface area contributed by atoms with Gasteiger partial charge < -0.3 is 23.5 Å². The topological polar surface area (TPSA) is 71.3 Å². The van der Waals surface area contributed by atoms with Gasteiger partial charge in [0.25, 0.3) is 5.91 Å². The highest BCUT2D eigenvalue weighted by Gasteiger charge is 2.27. The highest BCUT2D eigenvalue weighted by Crippen LogP contribution is 2.31. The molecule has 0 bridgehead atoms. The minimum Gasteiger partial charge on any atom is -0.494 e. The molecule has 8 heteroatoms. The van der Waals surface area contributed by atoms with Gasteiger partial charge in [-0.1, -0.05) is 23.5 Å². The lowest BCUT2D eigenvalue weighted by molar-refractivity contribution is -0.127. The Hall–Kier alpha value is -2.84. The Morgan fingerprint density at radius 1 is 1.28 bits per heavy atom. The van der Waals surface area contributed by atoms with Crippen LogP contribution in [0.25, 0.3) is 10.2 Å². The molecule has 7 nitrogen and oxygen atoms in total. The van der Waals surface area contributed by atoms with Gasteiger partial charge in [0.1, 0.15) is 12.4 Å². The summed E-state index contributed by atoms with van der Waals surface area (Å²) in [7, 11) is 1.65. The monoisotopic (exact) mass is 414 g/mol. The summed E-state index contributed by atoms with van der Waals surface area (Å²) >= 11 is 1.44. The van der Waals surface area contributed by atoms with Gasteiger partial charge in [-0.05, 0) is 37.3 Å². The van der Waals surface area contributed by atoms with Crippen molar-refractivity contribution in [3.05, 3.63) is 47.3 Å². The minimum absolute atomic E-state index is 0.136. The van der Waals surface area contributed by atoms with E-state index in [2.05, 4.69) is 4.99 Å². The summed E-state index contributed by atoms with van der Waals surface area (Å²) in [6.45, 7) is 3.77. The molecule has 1 aliphatic heterocycles. The van der Waals surface area contributed by atoms with Crippen molar-refractivity contribution in [2.75, 3.05) is 26.9 Å². The van der Waals surface area contributed by atoms with Crippen molar-refractivity contribution < 1.29 is 23.7 Å². The second-order valence-corrected chi connectivity index (χ2v) is 7.41. The quantitative estimate of drug-likeness (QED) is 0.620. The predicted octanol–water partition coefficient (Wildman–Crippen LogP) is 3.02. The largest absolute Gasteiger partial charge is 0.494 e. The summed E-state index contributed by atoms with van der Waals surface area (Å²) in [6, 6.07) is 13.2. The molecule has 4 rings (SSSR count). The van der Waals surface area contributed by atoms with Crippen LogP contribution in [0.1, 0.15) is 6.92 Å². The number of methoxy groups -OCH3 is 1. The Morgan fingerprint density at radius 2 is 2.10 bits per heavy atom. The predicted molar refractivity (Wildman–Crippen MR) is 110 cm³/mol. The maximum atomic E-state index is 12.8. The van der Waals surface area contributed by atoms with Gasteiger partial charge in [0.15, 0.2) is 16.3 Å². The average Bonchev–Trinajstić information content (AvgIpc) is 3.08. The van der Waals surface area contributed by atoms with Gasteiger partial charge in [0.05, 0.1) is 23.4 Å². The molecule has 3 aromatic rings. The molecule has 1 aromatic heterocycles. The fraction of sp³-hybridized carbons (Fsp3) is 0.333. The van der Waals surface area contributed by atoms with Gasteiger partial charge in [-0.3, -0.25) is 4.79 Å². The summed E-state index contributed by atoms with van der Waals surface area (Å²) in [6.07, 6.45) is -0.773. The van der Waals surface area contributed by atoms with Gasteiger partial charge in [0.2, 0.25) is 6.10 Å². The molecule has 29 heavy (non-hydrogen) atoms. The molecule has 1 amide bonds. The van der Waals surface area contributed by atoms with Crippen molar-refractivity contribution in [1.82, 2.24) is 4.57 Å². The van der Waals surface area contributed by atoms with E-state index < -0.39 is 6.10 Å². The number of fused-ring (bicyclic) bond motifs is 2. The third kappa shape index (κ3) is 4.13. The van der Waals surface area contributed by atoms with Crippen LogP contribution < -0.4 is 19.0 Å². The number of thiazole rings is 1. The zero-order chi connectivity index (χ0) is 20.2. The first kappa shape index (κ1) is 19.5. The number of rotatable bonds is 6. The minimum atomic E-state index is -0.773. The second-order valence-electron chi connectivity index (χ2n) is 6.41. The maximum Gasteiger partial charge on any atom is 0.292 e. The molecule has 2 aromatic carbocycles. The van der Waals surface area contributed by atoms with Crippen molar-refractivity contribution in [3.63, 3.8) is 0 Å². The van der Waals surface area contributed by atoms with Crippen LogP contribution in [-0.4, -0.2) is 43.5 Å². The van der Waals surface area contributed by atoms with Crippen LogP contribution in [0.15, 0.2) is 47.5 Å². The Bertz CT molecular complexity index is 1090. The van der Waals surface area contributed by atoms with Crippen molar-refractivity contribution >= 4 is 27.5 Å². The first-order valence-corrected chi connectivity index (χ1v) is 10.2. The molecular weight excluding hydrogens is 392 g/mol. The molecule has 0 aliphatic carbocycles. The van der Waals surface area contributed by atoms with Gasteiger partial charge in [0, 0.05) is 13.7 Å². The highest BCUT2D eigenvalue weighted by molar-refractivity contribution is 7.16. The molecule has 0 saturated carbocycles. The Balaban J connectivity index is 1.67. The molecule has 2 heterocycles. The van der Waals surface area contributed by atoms with E-state index in [0.29, 0.717) is 36.1 Å². The van der Waals surface area contributed by atoms with E-state index in [9.17, 15) is 4.79 Å². The molecule has 0 spiro atoms. The molecule has 0 saturated heterocycles. The molecule has 1 atom stereocenters. The van der Waals surface area contributed by atoms with Crippen LogP contribution in [0.3, 0.4) is 0 Å². The Morgan fingerprint density at radius 3 is 2.90 bits per heavy atom. The van der Waals surface area contributed by atoms with E-state index in [1.54, 1.807) is 13.2 Å². The molecule has 0 N–H and O–H groups in total. The number of amides is 1. The molecule has 152 valence electrons. The highest BCUT2D eigenvalue weighted by atomic mass is 32.1. The number of nitrogens with zero attached hydrogens (tertiary/aromatic N) is 2. The average molecular weight is 414 g/mol. The number of benzene rings is 2. The lowest BCUT2D eigenvalue weighted by Crippen LogP contribution is -2.37. The molecular formula is C21H22N2O5S. The number of aromatic nitrogens is 1. The maximum absolute atomic E-state index is 12.8. The first-order valence-electron chi connectivity index (χ1n) is 9.41. The number of hydrogen-bond donors (Lipinski definition) is 0. The lowest BCUT2D eigenvalue weighted by Gasteiger charge is -2.23. The zero-order valence-corrected chi connectivity index (χ0v) is 17.1. The van der Waals surface area contributed by atoms with Crippen LogP contribution in [0.2, 0.25) is 0 Å². The van der Waals surface area contributed by atoms with Crippen LogP contribution in [0.4, 0.5) is 0 Å². The number of carbonyl (C=O) groups is 1.